The van der Waals surface area contributed by atoms with Crippen molar-refractivity contribution in [1.29, 1.82) is 0 Å². The molecule has 2 rings (SSSR count). The number of carbonyl (C=O) groups excluding carboxylic acids is 2. The Morgan fingerprint density at radius 2 is 1.89 bits per heavy atom. The number of alkyl halides is 3. The lowest BCUT2D eigenvalue weighted by atomic mass is 9.74. The summed E-state index contributed by atoms with van der Waals surface area (Å²) in [4.78, 5) is 34.1. The molecule has 1 aromatic carbocycles. The molecule has 0 atom stereocenters. The predicted octanol–water partition coefficient (Wildman–Crippen LogP) is 3.86. The highest BCUT2D eigenvalue weighted by Crippen LogP contribution is 2.48. The Kier molecular flexibility index (Phi) is 6.38. The van der Waals surface area contributed by atoms with E-state index in [2.05, 4.69) is 11.3 Å². The average molecular weight is 421 g/mol. The van der Waals surface area contributed by atoms with Crippen molar-refractivity contribution in [3.8, 4) is 0 Å². The molecule has 1 aliphatic rings. The van der Waals surface area contributed by atoms with Gasteiger partial charge in [-0.1, -0.05) is 24.2 Å². The van der Waals surface area contributed by atoms with Crippen LogP contribution in [0.5, 0.6) is 0 Å². The van der Waals surface area contributed by atoms with E-state index < -0.39 is 48.3 Å². The van der Waals surface area contributed by atoms with Crippen LogP contribution >= 0.6 is 11.6 Å². The van der Waals surface area contributed by atoms with Crippen molar-refractivity contribution in [3.63, 3.8) is 0 Å². The van der Waals surface area contributed by atoms with Gasteiger partial charge in [-0.15, -0.1) is 0 Å². The largest absolute Gasteiger partial charge is 0.479 e. The van der Waals surface area contributed by atoms with Crippen molar-refractivity contribution in [2.75, 3.05) is 6.61 Å². The first-order valence-corrected chi connectivity index (χ1v) is 8.48. The first kappa shape index (κ1) is 21.7. The van der Waals surface area contributed by atoms with Crippen LogP contribution in [0.15, 0.2) is 30.4 Å². The fourth-order valence-corrected chi connectivity index (χ4v) is 3.07. The molecular formula is C18H16ClF3O6. The highest BCUT2D eigenvalue weighted by Gasteiger charge is 2.45. The van der Waals surface area contributed by atoms with Gasteiger partial charge in [-0.25, -0.2) is 9.59 Å². The summed E-state index contributed by atoms with van der Waals surface area (Å²) in [5.41, 5.74) is -2.15. The molecule has 28 heavy (non-hydrogen) atoms. The number of carbonyl (C=O) groups is 3. The Labute approximate surface area is 162 Å². The zero-order valence-corrected chi connectivity index (χ0v) is 15.2. The second-order valence-electron chi connectivity index (χ2n) is 6.26. The number of halogens is 4. The number of carboxylic acids is 1. The number of ether oxygens (including phenoxy) is 2. The van der Waals surface area contributed by atoms with Crippen LogP contribution in [-0.4, -0.2) is 29.6 Å². The van der Waals surface area contributed by atoms with E-state index in [1.807, 2.05) is 0 Å². The van der Waals surface area contributed by atoms with Crippen LogP contribution in [0.1, 0.15) is 36.8 Å². The number of rotatable bonds is 7. The number of hydrogen-bond acceptors (Lipinski definition) is 5. The van der Waals surface area contributed by atoms with Gasteiger partial charge in [-0.05, 0) is 31.4 Å². The molecule has 0 saturated heterocycles. The molecule has 0 heterocycles. The van der Waals surface area contributed by atoms with Gasteiger partial charge in [-0.3, -0.25) is 4.79 Å². The molecule has 0 spiro atoms. The van der Waals surface area contributed by atoms with Gasteiger partial charge in [0.05, 0.1) is 12.0 Å². The highest BCUT2D eigenvalue weighted by atomic mass is 35.5. The van der Waals surface area contributed by atoms with E-state index in [-0.39, 0.29) is 16.2 Å². The molecule has 10 heteroatoms. The number of aliphatic carboxylic acids is 1. The molecule has 152 valence electrons. The lowest BCUT2D eigenvalue weighted by Crippen LogP contribution is -2.39. The van der Waals surface area contributed by atoms with E-state index in [4.69, 9.17) is 21.4 Å². The molecular weight excluding hydrogens is 405 g/mol. The van der Waals surface area contributed by atoms with Crippen LogP contribution in [0.4, 0.5) is 13.2 Å². The van der Waals surface area contributed by atoms with Gasteiger partial charge in [0.1, 0.15) is 5.60 Å². The number of carboxylic acid groups (broad SMARTS) is 1. The van der Waals surface area contributed by atoms with Crippen LogP contribution in [-0.2, 0) is 35.6 Å². The average Bonchev–Trinajstić information content (AvgIpc) is 2.55. The van der Waals surface area contributed by atoms with Crippen molar-refractivity contribution in [3.05, 3.63) is 46.5 Å². The summed E-state index contributed by atoms with van der Waals surface area (Å²) in [6.45, 7) is 2.48. The van der Waals surface area contributed by atoms with Gasteiger partial charge in [0.25, 0.3) is 0 Å². The van der Waals surface area contributed by atoms with E-state index in [1.54, 1.807) is 0 Å². The Hall–Kier alpha value is -2.55. The molecule has 0 unspecified atom stereocenters. The Bertz CT molecular complexity index is 814. The smallest absolute Gasteiger partial charge is 0.416 e. The monoisotopic (exact) mass is 420 g/mol. The third-order valence-corrected chi connectivity index (χ3v) is 4.54. The Balaban J connectivity index is 2.09. The highest BCUT2D eigenvalue weighted by molar-refractivity contribution is 6.31. The molecule has 0 aromatic heterocycles. The summed E-state index contributed by atoms with van der Waals surface area (Å²) in [7, 11) is 0. The van der Waals surface area contributed by atoms with Crippen molar-refractivity contribution in [2.45, 2.75) is 37.5 Å². The molecule has 0 radical (unpaired) electrons. The Morgan fingerprint density at radius 3 is 2.36 bits per heavy atom. The van der Waals surface area contributed by atoms with E-state index in [9.17, 15) is 27.6 Å². The second-order valence-corrected chi connectivity index (χ2v) is 6.67. The molecule has 6 nitrogen and oxygen atoms in total. The van der Waals surface area contributed by atoms with Crippen LogP contribution in [0.3, 0.4) is 0 Å². The summed E-state index contributed by atoms with van der Waals surface area (Å²) < 4.78 is 48.2. The van der Waals surface area contributed by atoms with Crippen molar-refractivity contribution >= 4 is 29.5 Å². The number of benzene rings is 1. The lowest BCUT2D eigenvalue weighted by molar-refractivity contribution is -0.171. The Morgan fingerprint density at radius 1 is 1.25 bits per heavy atom. The third kappa shape index (κ3) is 5.03. The fourth-order valence-electron chi connectivity index (χ4n) is 2.71. The summed E-state index contributed by atoms with van der Waals surface area (Å²) in [5, 5.41) is 8.28. The molecule has 0 amide bonds. The van der Waals surface area contributed by atoms with Crippen molar-refractivity contribution in [1.82, 2.24) is 0 Å². The first-order valence-electron chi connectivity index (χ1n) is 8.10. The summed E-state index contributed by atoms with van der Waals surface area (Å²) in [6, 6.07) is 2.80. The molecule has 1 aliphatic carbocycles. The molecule has 1 aromatic rings. The van der Waals surface area contributed by atoms with Crippen molar-refractivity contribution < 1.29 is 42.1 Å². The normalized spacial score (nSPS) is 15.3. The molecule has 0 bridgehead atoms. The van der Waals surface area contributed by atoms with E-state index >= 15 is 0 Å². The maximum Gasteiger partial charge on any atom is 0.416 e. The molecule has 1 fully saturated rings. The van der Waals surface area contributed by atoms with E-state index in [1.165, 1.54) is 6.07 Å². The minimum atomic E-state index is -4.56. The standard InChI is InChI=1S/C18H16ClF3O6/c1-10(16(26)27-9-14(23)24)7-15(25)28-17(5-2-6-17)12-4-3-11(8-13(12)19)18(20,21)22/h3-4,8H,1-2,5-7,9H2,(H,23,24). The maximum absolute atomic E-state index is 12.8. The molecule has 0 aliphatic heterocycles. The van der Waals surface area contributed by atoms with Gasteiger partial charge in [0.2, 0.25) is 0 Å². The third-order valence-electron chi connectivity index (χ3n) is 4.23. The van der Waals surface area contributed by atoms with E-state index in [0.29, 0.717) is 19.3 Å². The minimum absolute atomic E-state index is 0.179. The quantitative estimate of drug-likeness (QED) is 0.532. The van der Waals surface area contributed by atoms with Gasteiger partial charge in [0, 0.05) is 16.2 Å². The number of hydrogen-bond donors (Lipinski definition) is 1. The van der Waals surface area contributed by atoms with Gasteiger partial charge in [0.15, 0.2) is 6.61 Å². The topological polar surface area (TPSA) is 89.9 Å². The predicted molar refractivity (Wildman–Crippen MR) is 90.4 cm³/mol. The lowest BCUT2D eigenvalue weighted by Gasteiger charge is -2.42. The summed E-state index contributed by atoms with van der Waals surface area (Å²) >= 11 is 6.00. The first-order chi connectivity index (χ1) is 12.9. The molecule has 1 N–H and O–H groups in total. The van der Waals surface area contributed by atoms with Crippen molar-refractivity contribution in [2.24, 2.45) is 0 Å². The van der Waals surface area contributed by atoms with Crippen LogP contribution in [0, 0.1) is 0 Å². The fraction of sp³-hybridized carbons (Fsp3) is 0.389. The molecule has 1 saturated carbocycles. The van der Waals surface area contributed by atoms with Crippen LogP contribution in [0.2, 0.25) is 5.02 Å². The minimum Gasteiger partial charge on any atom is -0.479 e. The second kappa shape index (κ2) is 8.22. The maximum atomic E-state index is 12.8. The summed E-state index contributed by atoms with van der Waals surface area (Å²) in [6.07, 6.45) is -3.72. The van der Waals surface area contributed by atoms with Gasteiger partial charge >= 0.3 is 24.1 Å². The van der Waals surface area contributed by atoms with Crippen LogP contribution < -0.4 is 0 Å². The zero-order valence-electron chi connectivity index (χ0n) is 14.5. The zero-order chi connectivity index (χ0) is 21.1. The van der Waals surface area contributed by atoms with Crippen LogP contribution in [0.25, 0.3) is 0 Å². The van der Waals surface area contributed by atoms with E-state index in [0.717, 1.165) is 12.1 Å². The van der Waals surface area contributed by atoms with Gasteiger partial charge in [-0.2, -0.15) is 13.2 Å². The number of esters is 2. The summed E-state index contributed by atoms with van der Waals surface area (Å²) in [5.74, 6) is -3.28. The van der Waals surface area contributed by atoms with Gasteiger partial charge < -0.3 is 14.6 Å². The SMILES string of the molecule is C=C(CC(=O)OC1(c2ccc(C(F)(F)F)cc2Cl)CCC1)C(=O)OCC(=O)O.